The van der Waals surface area contributed by atoms with E-state index < -0.39 is 4.92 Å². The minimum Gasteiger partial charge on any atom is -0.335 e. The Labute approximate surface area is 123 Å². The van der Waals surface area contributed by atoms with E-state index in [2.05, 4.69) is 5.32 Å². The maximum absolute atomic E-state index is 12.8. The average Bonchev–Trinajstić information content (AvgIpc) is 3.12. The largest absolute Gasteiger partial charge is 0.335 e. The summed E-state index contributed by atoms with van der Waals surface area (Å²) in [6.45, 7) is 6.36. The summed E-state index contributed by atoms with van der Waals surface area (Å²) in [6, 6.07) is 1.64. The van der Waals surface area contributed by atoms with Crippen LogP contribution in [0.5, 0.6) is 0 Å². The first-order valence-corrected chi connectivity index (χ1v) is 7.37. The monoisotopic (exact) mass is 292 g/mol. The summed E-state index contributed by atoms with van der Waals surface area (Å²) in [6.07, 6.45) is 2.46. The van der Waals surface area contributed by atoms with Crippen molar-refractivity contribution in [3.05, 3.63) is 28.1 Å². The quantitative estimate of drug-likeness (QED) is 0.674. The molecule has 2 atom stereocenters. The molecule has 0 unspecified atom stereocenters. The fraction of sp³-hybridized carbons (Fsp3) is 0.643. The molecule has 1 amide bonds. The molecule has 0 aromatic carbocycles. The molecular weight excluding hydrogens is 272 g/mol. The topological polar surface area (TPSA) is 80.4 Å². The normalized spacial score (nSPS) is 24.6. The molecule has 21 heavy (non-hydrogen) atoms. The first-order valence-electron chi connectivity index (χ1n) is 7.37. The van der Waals surface area contributed by atoms with Crippen molar-refractivity contribution < 1.29 is 9.72 Å². The van der Waals surface area contributed by atoms with E-state index in [0.717, 1.165) is 26.1 Å². The number of fused-ring (bicyclic) bond motifs is 1. The lowest BCUT2D eigenvalue weighted by Gasteiger charge is -2.24. The number of carbonyl (C=O) groups is 1. The number of nitrogens with one attached hydrogen (secondary N) is 1. The smallest absolute Gasteiger partial charge is 0.287 e. The summed E-state index contributed by atoms with van der Waals surface area (Å²) >= 11 is 0. The molecule has 0 radical (unpaired) electrons. The van der Waals surface area contributed by atoms with Gasteiger partial charge in [0.1, 0.15) is 5.69 Å². The summed E-state index contributed by atoms with van der Waals surface area (Å²) in [5, 5.41) is 14.3. The number of hydrogen-bond donors (Lipinski definition) is 1. The molecule has 7 heteroatoms. The predicted molar refractivity (Wildman–Crippen MR) is 77.3 cm³/mol. The molecule has 0 spiro atoms. The van der Waals surface area contributed by atoms with Gasteiger partial charge in [0.25, 0.3) is 11.6 Å². The Morgan fingerprint density at radius 2 is 2.24 bits per heavy atom. The molecule has 3 rings (SSSR count). The molecule has 2 aliphatic rings. The number of likely N-dealkylation sites (tertiary alicyclic amines) is 1. The minimum atomic E-state index is -0.445. The second kappa shape index (κ2) is 5.14. The predicted octanol–water partition coefficient (Wildman–Crippen LogP) is 1.41. The van der Waals surface area contributed by atoms with E-state index in [9.17, 15) is 14.9 Å². The maximum Gasteiger partial charge on any atom is 0.287 e. The molecule has 0 aliphatic carbocycles. The standard InChI is InChI=1S/C14H20N4O3/c1-9(2)17-8-11(18(20)21)5-12(17)14(19)16-4-3-10-6-15-7-13(10)16/h5,8-10,13,15H,3-4,6-7H2,1-2H3/t10-,13+/m0/s1. The average molecular weight is 292 g/mol. The van der Waals surface area contributed by atoms with Crippen molar-refractivity contribution in [2.24, 2.45) is 5.92 Å². The highest BCUT2D eigenvalue weighted by Crippen LogP contribution is 2.30. The maximum atomic E-state index is 12.8. The van der Waals surface area contributed by atoms with Crippen molar-refractivity contribution in [1.29, 1.82) is 0 Å². The van der Waals surface area contributed by atoms with E-state index in [-0.39, 0.29) is 23.7 Å². The molecule has 114 valence electrons. The Hall–Kier alpha value is -1.89. The van der Waals surface area contributed by atoms with Crippen LogP contribution in [0.25, 0.3) is 0 Å². The van der Waals surface area contributed by atoms with E-state index in [4.69, 9.17) is 0 Å². The van der Waals surface area contributed by atoms with Crippen LogP contribution in [-0.4, -0.2) is 46.0 Å². The lowest BCUT2D eigenvalue weighted by molar-refractivity contribution is -0.384. The molecule has 2 aliphatic heterocycles. The number of hydrogen-bond acceptors (Lipinski definition) is 4. The summed E-state index contributed by atoms with van der Waals surface area (Å²) in [7, 11) is 0. The van der Waals surface area contributed by atoms with Crippen molar-refractivity contribution in [2.45, 2.75) is 32.4 Å². The number of carbonyl (C=O) groups excluding carboxylic acids is 1. The Bertz CT molecular complexity index is 581. The number of rotatable bonds is 3. The Balaban J connectivity index is 1.92. The molecule has 3 heterocycles. The van der Waals surface area contributed by atoms with Crippen molar-refractivity contribution >= 4 is 11.6 Å². The highest BCUT2D eigenvalue weighted by Gasteiger charge is 2.41. The Morgan fingerprint density at radius 1 is 1.48 bits per heavy atom. The lowest BCUT2D eigenvalue weighted by Crippen LogP contribution is -2.40. The van der Waals surface area contributed by atoms with Crippen molar-refractivity contribution in [1.82, 2.24) is 14.8 Å². The van der Waals surface area contributed by atoms with Gasteiger partial charge in [0, 0.05) is 37.8 Å². The van der Waals surface area contributed by atoms with Gasteiger partial charge in [-0.05, 0) is 26.2 Å². The van der Waals surface area contributed by atoms with Crippen molar-refractivity contribution in [3.8, 4) is 0 Å². The van der Waals surface area contributed by atoms with Crippen LogP contribution < -0.4 is 5.32 Å². The van der Waals surface area contributed by atoms with Gasteiger partial charge < -0.3 is 14.8 Å². The second-order valence-electron chi connectivity index (χ2n) is 6.11. The van der Waals surface area contributed by atoms with Crippen LogP contribution in [0.2, 0.25) is 0 Å². The fourth-order valence-corrected chi connectivity index (χ4v) is 3.41. The van der Waals surface area contributed by atoms with Crippen LogP contribution in [0.3, 0.4) is 0 Å². The molecule has 2 fully saturated rings. The van der Waals surface area contributed by atoms with Gasteiger partial charge in [0.05, 0.1) is 11.1 Å². The van der Waals surface area contributed by atoms with Crippen LogP contribution in [0, 0.1) is 16.0 Å². The van der Waals surface area contributed by atoms with E-state index in [0.29, 0.717) is 11.6 Å². The van der Waals surface area contributed by atoms with Crippen molar-refractivity contribution in [2.75, 3.05) is 19.6 Å². The molecule has 0 saturated carbocycles. The van der Waals surface area contributed by atoms with Gasteiger partial charge in [-0.25, -0.2) is 0 Å². The third kappa shape index (κ3) is 2.31. The van der Waals surface area contributed by atoms with Gasteiger partial charge >= 0.3 is 0 Å². The SMILES string of the molecule is CC(C)n1cc([N+](=O)[O-])cc1C(=O)N1CC[C@H]2CNC[C@H]21. The van der Waals surface area contributed by atoms with Crippen LogP contribution in [0.4, 0.5) is 5.69 Å². The number of nitrogens with zero attached hydrogens (tertiary/aromatic N) is 3. The first-order chi connectivity index (χ1) is 9.99. The number of nitro groups is 1. The van der Waals surface area contributed by atoms with Gasteiger partial charge in [0.2, 0.25) is 0 Å². The Morgan fingerprint density at radius 3 is 2.90 bits per heavy atom. The fourth-order valence-electron chi connectivity index (χ4n) is 3.41. The third-order valence-electron chi connectivity index (χ3n) is 4.53. The lowest BCUT2D eigenvalue weighted by atomic mass is 10.1. The zero-order chi connectivity index (χ0) is 15.1. The van der Waals surface area contributed by atoms with Crippen LogP contribution in [0.1, 0.15) is 36.8 Å². The number of aromatic nitrogens is 1. The third-order valence-corrected chi connectivity index (χ3v) is 4.53. The molecular formula is C14H20N4O3. The summed E-state index contributed by atoms with van der Waals surface area (Å²) < 4.78 is 1.70. The summed E-state index contributed by atoms with van der Waals surface area (Å²) in [5.41, 5.74) is 0.400. The van der Waals surface area contributed by atoms with E-state index in [1.165, 1.54) is 12.3 Å². The molecule has 1 aromatic heterocycles. The highest BCUT2D eigenvalue weighted by atomic mass is 16.6. The van der Waals surface area contributed by atoms with Gasteiger partial charge in [-0.3, -0.25) is 14.9 Å². The van der Waals surface area contributed by atoms with Crippen LogP contribution in [0.15, 0.2) is 12.3 Å². The number of amides is 1. The van der Waals surface area contributed by atoms with E-state index in [1.807, 2.05) is 18.7 Å². The molecule has 1 aromatic rings. The van der Waals surface area contributed by atoms with E-state index in [1.54, 1.807) is 4.57 Å². The molecule has 0 bridgehead atoms. The zero-order valence-corrected chi connectivity index (χ0v) is 12.3. The minimum absolute atomic E-state index is 0.0118. The Kier molecular flexibility index (Phi) is 3.44. The summed E-state index contributed by atoms with van der Waals surface area (Å²) in [4.78, 5) is 25.2. The van der Waals surface area contributed by atoms with Gasteiger partial charge in [-0.1, -0.05) is 0 Å². The van der Waals surface area contributed by atoms with Gasteiger partial charge in [-0.2, -0.15) is 0 Å². The van der Waals surface area contributed by atoms with Crippen LogP contribution >= 0.6 is 0 Å². The first kappa shape index (κ1) is 14.1. The summed E-state index contributed by atoms with van der Waals surface area (Å²) in [5.74, 6) is 0.430. The molecule has 7 nitrogen and oxygen atoms in total. The van der Waals surface area contributed by atoms with Crippen molar-refractivity contribution in [3.63, 3.8) is 0 Å². The molecule has 1 N–H and O–H groups in total. The van der Waals surface area contributed by atoms with Crippen LogP contribution in [-0.2, 0) is 0 Å². The zero-order valence-electron chi connectivity index (χ0n) is 12.3. The van der Waals surface area contributed by atoms with Gasteiger partial charge in [-0.15, -0.1) is 0 Å². The highest BCUT2D eigenvalue weighted by molar-refractivity contribution is 5.94. The van der Waals surface area contributed by atoms with Gasteiger partial charge in [0.15, 0.2) is 0 Å². The second-order valence-corrected chi connectivity index (χ2v) is 6.11. The van der Waals surface area contributed by atoms with E-state index >= 15 is 0 Å². The molecule has 2 saturated heterocycles.